The minimum atomic E-state index is -0.360. The minimum absolute atomic E-state index is 0.0295. The van der Waals surface area contributed by atoms with Crippen LogP contribution in [0.1, 0.15) is 6.42 Å². The predicted octanol–water partition coefficient (Wildman–Crippen LogP) is 3.92. The number of aromatic nitrogens is 1. The van der Waals surface area contributed by atoms with E-state index in [1.165, 1.54) is 0 Å². The average Bonchev–Trinajstić information content (AvgIpc) is 3.22. The van der Waals surface area contributed by atoms with Crippen LogP contribution < -0.4 is 10.2 Å². The van der Waals surface area contributed by atoms with E-state index < -0.39 is 0 Å². The molecule has 126 valence electrons. The summed E-state index contributed by atoms with van der Waals surface area (Å²) < 4.78 is 0.907. The molecule has 1 aliphatic rings. The van der Waals surface area contributed by atoms with Gasteiger partial charge in [0.2, 0.25) is 11.8 Å². The van der Waals surface area contributed by atoms with Gasteiger partial charge in [0.15, 0.2) is 0 Å². The second kappa shape index (κ2) is 6.37. The molecule has 1 atom stereocenters. The molecule has 5 nitrogen and oxygen atoms in total. The quantitative estimate of drug-likeness (QED) is 0.703. The Morgan fingerprint density at radius 1 is 1.20 bits per heavy atom. The van der Waals surface area contributed by atoms with Crippen LogP contribution in [0.4, 0.5) is 11.4 Å². The van der Waals surface area contributed by atoms with Crippen molar-refractivity contribution >= 4 is 50.0 Å². The lowest BCUT2D eigenvalue weighted by molar-refractivity contribution is -0.122. The summed E-state index contributed by atoms with van der Waals surface area (Å²) in [6.45, 7) is 0.393. The summed E-state index contributed by atoms with van der Waals surface area (Å²) in [5.74, 6) is -0.515. The second-order valence-corrected chi connectivity index (χ2v) is 7.03. The normalized spacial score (nSPS) is 17.2. The van der Waals surface area contributed by atoms with Crippen molar-refractivity contribution in [1.82, 2.24) is 4.98 Å². The molecule has 2 N–H and O–H groups in total. The van der Waals surface area contributed by atoms with Gasteiger partial charge in [-0.3, -0.25) is 9.59 Å². The van der Waals surface area contributed by atoms with Crippen molar-refractivity contribution in [1.29, 1.82) is 0 Å². The average molecular weight is 398 g/mol. The van der Waals surface area contributed by atoms with Crippen molar-refractivity contribution in [2.24, 2.45) is 5.92 Å². The SMILES string of the molecule is O=C(Nc1cccc2[nH]ccc12)[C@H]1CC(=O)N(c2cccc(Br)c2)C1. The summed E-state index contributed by atoms with van der Waals surface area (Å²) in [6, 6.07) is 15.2. The lowest BCUT2D eigenvalue weighted by Crippen LogP contribution is -2.28. The van der Waals surface area contributed by atoms with Gasteiger partial charge in [-0.25, -0.2) is 0 Å². The highest BCUT2D eigenvalue weighted by atomic mass is 79.9. The van der Waals surface area contributed by atoms with Crippen LogP contribution in [0.15, 0.2) is 59.2 Å². The number of H-pyrrole nitrogens is 1. The van der Waals surface area contributed by atoms with E-state index in [9.17, 15) is 9.59 Å². The van der Waals surface area contributed by atoms with Gasteiger partial charge in [-0.1, -0.05) is 28.1 Å². The second-order valence-electron chi connectivity index (χ2n) is 6.12. The fourth-order valence-corrected chi connectivity index (χ4v) is 3.59. The predicted molar refractivity (Wildman–Crippen MR) is 102 cm³/mol. The first-order valence-corrected chi connectivity index (χ1v) is 8.84. The first kappa shape index (κ1) is 15.9. The molecule has 0 aliphatic carbocycles. The van der Waals surface area contributed by atoms with Crippen LogP contribution in [-0.4, -0.2) is 23.3 Å². The van der Waals surface area contributed by atoms with E-state index in [-0.39, 0.29) is 24.2 Å². The summed E-state index contributed by atoms with van der Waals surface area (Å²) in [5.41, 5.74) is 2.54. The first-order valence-electron chi connectivity index (χ1n) is 8.05. The zero-order chi connectivity index (χ0) is 17.4. The largest absolute Gasteiger partial charge is 0.361 e. The molecule has 25 heavy (non-hydrogen) atoms. The fourth-order valence-electron chi connectivity index (χ4n) is 3.21. The van der Waals surface area contributed by atoms with Crippen LogP contribution in [0.2, 0.25) is 0 Å². The standard InChI is InChI=1S/C19H16BrN3O2/c20-13-3-1-4-14(10-13)23-11-12(9-18(23)24)19(25)22-17-6-2-5-16-15(17)7-8-21-16/h1-8,10,12,21H,9,11H2,(H,22,25)/t12-/m0/s1. The number of anilines is 2. The van der Waals surface area contributed by atoms with Crippen LogP contribution >= 0.6 is 15.9 Å². The minimum Gasteiger partial charge on any atom is -0.361 e. The Labute approximate surface area is 153 Å². The molecule has 0 unspecified atom stereocenters. The van der Waals surface area contributed by atoms with Crippen molar-refractivity contribution in [3.63, 3.8) is 0 Å². The highest BCUT2D eigenvalue weighted by Crippen LogP contribution is 2.29. The van der Waals surface area contributed by atoms with Gasteiger partial charge in [-0.15, -0.1) is 0 Å². The van der Waals surface area contributed by atoms with Crippen LogP contribution in [0.25, 0.3) is 10.9 Å². The Morgan fingerprint density at radius 3 is 2.88 bits per heavy atom. The Morgan fingerprint density at radius 2 is 2.04 bits per heavy atom. The number of nitrogens with one attached hydrogen (secondary N) is 2. The van der Waals surface area contributed by atoms with Gasteiger partial charge in [0.05, 0.1) is 11.6 Å². The maximum atomic E-state index is 12.7. The van der Waals surface area contributed by atoms with E-state index in [1.807, 2.05) is 54.7 Å². The number of aromatic amines is 1. The Balaban J connectivity index is 1.52. The highest BCUT2D eigenvalue weighted by molar-refractivity contribution is 9.10. The zero-order valence-electron chi connectivity index (χ0n) is 13.3. The van der Waals surface area contributed by atoms with Gasteiger partial charge in [0.1, 0.15) is 0 Å². The molecule has 2 aromatic carbocycles. The van der Waals surface area contributed by atoms with Crippen molar-refractivity contribution in [2.75, 3.05) is 16.8 Å². The molecule has 1 aliphatic heterocycles. The molecule has 0 bridgehead atoms. The van der Waals surface area contributed by atoms with Crippen molar-refractivity contribution in [3.8, 4) is 0 Å². The number of benzene rings is 2. The summed E-state index contributed by atoms with van der Waals surface area (Å²) in [4.78, 5) is 29.8. The van der Waals surface area contributed by atoms with E-state index in [4.69, 9.17) is 0 Å². The maximum absolute atomic E-state index is 12.7. The molecule has 1 saturated heterocycles. The van der Waals surface area contributed by atoms with Crippen LogP contribution in [0.5, 0.6) is 0 Å². The maximum Gasteiger partial charge on any atom is 0.229 e. The van der Waals surface area contributed by atoms with E-state index in [0.29, 0.717) is 6.54 Å². The molecule has 0 radical (unpaired) electrons. The van der Waals surface area contributed by atoms with Gasteiger partial charge in [0, 0.05) is 40.2 Å². The number of hydrogen-bond acceptors (Lipinski definition) is 2. The van der Waals surface area contributed by atoms with E-state index in [1.54, 1.807) is 4.90 Å². The topological polar surface area (TPSA) is 65.2 Å². The number of rotatable bonds is 3. The number of amides is 2. The van der Waals surface area contributed by atoms with Crippen LogP contribution in [0.3, 0.4) is 0 Å². The Hall–Kier alpha value is -2.60. The van der Waals surface area contributed by atoms with Gasteiger partial charge in [0.25, 0.3) is 0 Å². The zero-order valence-corrected chi connectivity index (χ0v) is 14.9. The lowest BCUT2D eigenvalue weighted by atomic mass is 10.1. The fraction of sp³-hybridized carbons (Fsp3) is 0.158. The van der Waals surface area contributed by atoms with E-state index >= 15 is 0 Å². The smallest absolute Gasteiger partial charge is 0.229 e. The molecular weight excluding hydrogens is 382 g/mol. The summed E-state index contributed by atoms with van der Waals surface area (Å²) in [5, 5.41) is 3.93. The Kier molecular flexibility index (Phi) is 4.05. The van der Waals surface area contributed by atoms with Gasteiger partial charge in [-0.05, 0) is 36.4 Å². The van der Waals surface area contributed by atoms with Crippen LogP contribution in [-0.2, 0) is 9.59 Å². The molecule has 2 amide bonds. The first-order chi connectivity index (χ1) is 12.1. The number of nitrogens with zero attached hydrogens (tertiary/aromatic N) is 1. The van der Waals surface area contributed by atoms with Crippen LogP contribution in [0, 0.1) is 5.92 Å². The molecule has 6 heteroatoms. The summed E-state index contributed by atoms with van der Waals surface area (Å²) >= 11 is 3.42. The van der Waals surface area contributed by atoms with Gasteiger partial charge < -0.3 is 15.2 Å². The molecule has 1 fully saturated rings. The molecule has 2 heterocycles. The summed E-state index contributed by atoms with van der Waals surface area (Å²) in [6.07, 6.45) is 2.07. The molecular formula is C19H16BrN3O2. The van der Waals surface area contributed by atoms with E-state index in [0.717, 1.165) is 26.8 Å². The van der Waals surface area contributed by atoms with Gasteiger partial charge >= 0.3 is 0 Å². The van der Waals surface area contributed by atoms with Crippen molar-refractivity contribution in [2.45, 2.75) is 6.42 Å². The number of fused-ring (bicyclic) bond motifs is 1. The highest BCUT2D eigenvalue weighted by Gasteiger charge is 2.35. The molecule has 1 aromatic heterocycles. The van der Waals surface area contributed by atoms with Gasteiger partial charge in [-0.2, -0.15) is 0 Å². The number of halogens is 1. The Bertz CT molecular complexity index is 966. The summed E-state index contributed by atoms with van der Waals surface area (Å²) in [7, 11) is 0. The third-order valence-corrected chi connectivity index (χ3v) is 4.96. The number of carbonyl (C=O) groups excluding carboxylic acids is 2. The number of hydrogen-bond donors (Lipinski definition) is 2. The van der Waals surface area contributed by atoms with E-state index in [2.05, 4.69) is 26.2 Å². The third kappa shape index (κ3) is 3.05. The third-order valence-electron chi connectivity index (χ3n) is 4.47. The molecule has 0 saturated carbocycles. The molecule has 4 rings (SSSR count). The lowest BCUT2D eigenvalue weighted by Gasteiger charge is -2.17. The molecule has 0 spiro atoms. The monoisotopic (exact) mass is 397 g/mol. The van der Waals surface area contributed by atoms with Crippen molar-refractivity contribution in [3.05, 3.63) is 59.2 Å². The van der Waals surface area contributed by atoms with Crippen molar-refractivity contribution < 1.29 is 9.59 Å². The molecule has 3 aromatic rings. The number of carbonyl (C=O) groups is 2.